The van der Waals surface area contributed by atoms with E-state index in [2.05, 4.69) is 0 Å². The summed E-state index contributed by atoms with van der Waals surface area (Å²) in [5.41, 5.74) is 6.29. The molecule has 0 unspecified atom stereocenters. The maximum atomic E-state index is 13.5. The molecular formula is C24H25N3O4S. The van der Waals surface area contributed by atoms with Crippen LogP contribution in [-0.2, 0) is 27.8 Å². The molecular weight excluding hydrogens is 426 g/mol. The molecule has 7 nitrogen and oxygen atoms in total. The van der Waals surface area contributed by atoms with Gasteiger partial charge in [-0.15, -0.1) is 0 Å². The van der Waals surface area contributed by atoms with Crippen molar-refractivity contribution in [2.24, 2.45) is 0 Å². The van der Waals surface area contributed by atoms with E-state index in [1.807, 2.05) is 67.5 Å². The van der Waals surface area contributed by atoms with Crippen LogP contribution in [0, 0.1) is 0 Å². The van der Waals surface area contributed by atoms with E-state index in [0.717, 1.165) is 32.2 Å². The number of hydroxylamine groups is 1. The molecule has 1 aliphatic rings. The Bertz CT molecular complexity index is 1220. The van der Waals surface area contributed by atoms with Gasteiger partial charge in [0.15, 0.2) is 0 Å². The normalized spacial score (nSPS) is 16.3. The first kappa shape index (κ1) is 22.0. The minimum absolute atomic E-state index is 0.0599. The Morgan fingerprint density at radius 3 is 2.06 bits per heavy atom. The predicted molar refractivity (Wildman–Crippen MR) is 123 cm³/mol. The number of carbonyl (C=O) groups is 1. The molecule has 3 aromatic rings. The molecule has 0 fully saturated rings. The highest BCUT2D eigenvalue weighted by molar-refractivity contribution is 7.89. The molecule has 0 spiro atoms. The number of benzene rings is 3. The lowest BCUT2D eigenvalue weighted by molar-refractivity contribution is -0.133. The van der Waals surface area contributed by atoms with Crippen LogP contribution in [0.15, 0.2) is 77.7 Å². The molecule has 0 bridgehead atoms. The zero-order chi connectivity index (χ0) is 22.9. The molecule has 0 aromatic heterocycles. The lowest BCUT2D eigenvalue weighted by atomic mass is 9.95. The second kappa shape index (κ2) is 8.74. The Balaban J connectivity index is 1.65. The monoisotopic (exact) mass is 451 g/mol. The summed E-state index contributed by atoms with van der Waals surface area (Å²) in [6.07, 6.45) is 0.193. The SMILES string of the molecule is CN(C)c1ccc(-c2ccc(S(=O)(=O)N3Cc4ccccc4C[C@@H]3C(=O)NO)cc2)cc1. The molecule has 0 radical (unpaired) electrons. The van der Waals surface area contributed by atoms with E-state index < -0.39 is 22.0 Å². The van der Waals surface area contributed by atoms with E-state index >= 15 is 0 Å². The number of rotatable bonds is 5. The fraction of sp³-hybridized carbons (Fsp3) is 0.208. The van der Waals surface area contributed by atoms with Crippen LogP contribution in [0.25, 0.3) is 11.1 Å². The Labute approximate surface area is 187 Å². The van der Waals surface area contributed by atoms with Crippen LogP contribution >= 0.6 is 0 Å². The standard InChI is InChI=1S/C24H25N3O4S/c1-26(2)21-11-7-17(8-12-21)18-9-13-22(14-10-18)32(30,31)27-16-20-6-4-3-5-19(20)15-23(27)24(28)25-29/h3-14,23,29H,15-16H2,1-2H3,(H,25,28)/t23-/m1/s1. The first-order valence-electron chi connectivity index (χ1n) is 10.2. The van der Waals surface area contributed by atoms with Crippen LogP contribution in [0.4, 0.5) is 5.69 Å². The summed E-state index contributed by atoms with van der Waals surface area (Å²) >= 11 is 0. The van der Waals surface area contributed by atoms with Gasteiger partial charge in [0.2, 0.25) is 10.0 Å². The van der Waals surface area contributed by atoms with Crippen molar-refractivity contribution in [3.05, 3.63) is 83.9 Å². The highest BCUT2D eigenvalue weighted by Gasteiger charge is 2.39. The summed E-state index contributed by atoms with van der Waals surface area (Å²) < 4.78 is 28.1. The van der Waals surface area contributed by atoms with Gasteiger partial charge < -0.3 is 4.90 Å². The maximum Gasteiger partial charge on any atom is 0.262 e. The van der Waals surface area contributed by atoms with Gasteiger partial charge in [0.05, 0.1) is 4.90 Å². The van der Waals surface area contributed by atoms with Crippen LogP contribution in [0.1, 0.15) is 11.1 Å². The summed E-state index contributed by atoms with van der Waals surface area (Å²) in [5, 5.41) is 9.18. The lowest BCUT2D eigenvalue weighted by Crippen LogP contribution is -2.51. The van der Waals surface area contributed by atoms with Gasteiger partial charge in [0, 0.05) is 26.3 Å². The van der Waals surface area contributed by atoms with Gasteiger partial charge in [0.25, 0.3) is 5.91 Å². The van der Waals surface area contributed by atoms with E-state index in [0.29, 0.717) is 0 Å². The average molecular weight is 452 g/mol. The Morgan fingerprint density at radius 1 is 0.938 bits per heavy atom. The zero-order valence-electron chi connectivity index (χ0n) is 17.9. The minimum atomic E-state index is -3.97. The van der Waals surface area contributed by atoms with Crippen LogP contribution < -0.4 is 10.4 Å². The van der Waals surface area contributed by atoms with Crippen LogP contribution in [-0.4, -0.2) is 44.0 Å². The number of hydrogen-bond acceptors (Lipinski definition) is 5. The summed E-state index contributed by atoms with van der Waals surface area (Å²) in [5.74, 6) is -0.749. The van der Waals surface area contributed by atoms with E-state index in [1.165, 1.54) is 0 Å². The average Bonchev–Trinajstić information content (AvgIpc) is 2.82. The molecule has 4 rings (SSSR count). The van der Waals surface area contributed by atoms with Gasteiger partial charge in [-0.05, 0) is 52.9 Å². The highest BCUT2D eigenvalue weighted by Crippen LogP contribution is 2.30. The number of nitrogens with one attached hydrogen (secondary N) is 1. The van der Waals surface area contributed by atoms with Crippen LogP contribution in [0.3, 0.4) is 0 Å². The number of amides is 1. The van der Waals surface area contributed by atoms with Crippen molar-refractivity contribution in [2.45, 2.75) is 23.9 Å². The topological polar surface area (TPSA) is 90.0 Å². The summed E-state index contributed by atoms with van der Waals surface area (Å²) in [4.78, 5) is 14.4. The molecule has 166 valence electrons. The van der Waals surface area contributed by atoms with Gasteiger partial charge in [0.1, 0.15) is 6.04 Å². The molecule has 1 amide bonds. The molecule has 0 aliphatic carbocycles. The number of sulfonamides is 1. The van der Waals surface area contributed by atoms with Gasteiger partial charge in [-0.25, -0.2) is 13.9 Å². The smallest absolute Gasteiger partial charge is 0.262 e. The molecule has 2 N–H and O–H groups in total. The van der Waals surface area contributed by atoms with E-state index in [4.69, 9.17) is 0 Å². The van der Waals surface area contributed by atoms with Gasteiger partial charge in [-0.1, -0.05) is 48.5 Å². The number of anilines is 1. The number of carbonyl (C=O) groups excluding carboxylic acids is 1. The highest BCUT2D eigenvalue weighted by atomic mass is 32.2. The first-order valence-corrected chi connectivity index (χ1v) is 11.7. The molecule has 0 saturated heterocycles. The number of fused-ring (bicyclic) bond motifs is 1. The van der Waals surface area contributed by atoms with Crippen molar-refractivity contribution in [3.63, 3.8) is 0 Å². The predicted octanol–water partition coefficient (Wildman–Crippen LogP) is 3.04. The third kappa shape index (κ3) is 4.12. The second-order valence-electron chi connectivity index (χ2n) is 7.98. The second-order valence-corrected chi connectivity index (χ2v) is 9.87. The van der Waals surface area contributed by atoms with Crippen molar-refractivity contribution in [1.29, 1.82) is 0 Å². The molecule has 1 heterocycles. The van der Waals surface area contributed by atoms with Crippen molar-refractivity contribution >= 4 is 21.6 Å². The van der Waals surface area contributed by atoms with Crippen molar-refractivity contribution < 1.29 is 18.4 Å². The van der Waals surface area contributed by atoms with Gasteiger partial charge in [-0.2, -0.15) is 4.31 Å². The lowest BCUT2D eigenvalue weighted by Gasteiger charge is -2.34. The number of hydrogen-bond donors (Lipinski definition) is 2. The Morgan fingerprint density at radius 2 is 1.50 bits per heavy atom. The van der Waals surface area contributed by atoms with Gasteiger partial charge >= 0.3 is 0 Å². The molecule has 1 atom stereocenters. The maximum absolute atomic E-state index is 13.5. The Hall–Kier alpha value is -3.20. The Kier molecular flexibility index (Phi) is 6.01. The van der Waals surface area contributed by atoms with Crippen molar-refractivity contribution in [3.8, 4) is 11.1 Å². The van der Waals surface area contributed by atoms with E-state index in [-0.39, 0.29) is 17.9 Å². The molecule has 3 aromatic carbocycles. The van der Waals surface area contributed by atoms with Crippen molar-refractivity contribution in [2.75, 3.05) is 19.0 Å². The molecule has 1 aliphatic heterocycles. The van der Waals surface area contributed by atoms with E-state index in [9.17, 15) is 18.4 Å². The van der Waals surface area contributed by atoms with Crippen LogP contribution in [0.2, 0.25) is 0 Å². The minimum Gasteiger partial charge on any atom is -0.378 e. The quantitative estimate of drug-likeness (QED) is 0.460. The fourth-order valence-corrected chi connectivity index (χ4v) is 5.52. The zero-order valence-corrected chi connectivity index (χ0v) is 18.7. The van der Waals surface area contributed by atoms with Crippen LogP contribution in [0.5, 0.6) is 0 Å². The third-order valence-electron chi connectivity index (χ3n) is 5.80. The van der Waals surface area contributed by atoms with Gasteiger partial charge in [-0.3, -0.25) is 10.0 Å². The summed E-state index contributed by atoms with van der Waals surface area (Å²) in [6.45, 7) is 0.0599. The largest absolute Gasteiger partial charge is 0.378 e. The summed E-state index contributed by atoms with van der Waals surface area (Å²) in [6, 6.07) is 21.0. The fourth-order valence-electron chi connectivity index (χ4n) is 3.96. The molecule has 8 heteroatoms. The third-order valence-corrected chi connectivity index (χ3v) is 7.67. The first-order chi connectivity index (χ1) is 15.3. The van der Waals surface area contributed by atoms with E-state index in [1.54, 1.807) is 29.7 Å². The summed E-state index contributed by atoms with van der Waals surface area (Å²) in [7, 11) is -0.0308. The van der Waals surface area contributed by atoms with Crippen molar-refractivity contribution in [1.82, 2.24) is 9.79 Å². The molecule has 0 saturated carbocycles. The molecule has 32 heavy (non-hydrogen) atoms. The number of nitrogens with zero attached hydrogens (tertiary/aromatic N) is 2.